The van der Waals surface area contributed by atoms with E-state index < -0.39 is 27.9 Å². The van der Waals surface area contributed by atoms with Crippen LogP contribution in [-0.2, 0) is 14.8 Å². The lowest BCUT2D eigenvalue weighted by atomic mass is 9.96. The fraction of sp³-hybridized carbons (Fsp3) is 0.533. The molecule has 0 bridgehead atoms. The molecule has 0 saturated carbocycles. The van der Waals surface area contributed by atoms with Crippen LogP contribution < -0.4 is 10.2 Å². The summed E-state index contributed by atoms with van der Waals surface area (Å²) in [6.45, 7) is -0.199. The van der Waals surface area contributed by atoms with Crippen LogP contribution in [0.3, 0.4) is 0 Å². The molecule has 2 atom stereocenters. The van der Waals surface area contributed by atoms with Crippen molar-refractivity contribution < 1.29 is 28.3 Å². The summed E-state index contributed by atoms with van der Waals surface area (Å²) in [7, 11) is -2.48. The largest absolute Gasteiger partial charge is 0.497 e. The minimum Gasteiger partial charge on any atom is -0.497 e. The van der Waals surface area contributed by atoms with Crippen LogP contribution in [0.15, 0.2) is 29.2 Å². The Bertz CT molecular complexity index is 661. The second kappa shape index (κ2) is 7.93. The van der Waals surface area contributed by atoms with Crippen LogP contribution >= 0.6 is 0 Å². The van der Waals surface area contributed by atoms with Gasteiger partial charge in [0.1, 0.15) is 11.8 Å². The van der Waals surface area contributed by atoms with E-state index in [1.165, 1.54) is 36.9 Å². The monoisotopic (exact) mass is 358 g/mol. The number of hydroxylamine groups is 1. The van der Waals surface area contributed by atoms with Crippen LogP contribution in [0, 0.1) is 5.92 Å². The molecule has 1 fully saturated rings. The third-order valence-electron chi connectivity index (χ3n) is 4.24. The number of methoxy groups -OCH3 is 1. The van der Waals surface area contributed by atoms with Crippen molar-refractivity contribution >= 4 is 15.9 Å². The molecule has 2 rings (SSSR count). The summed E-state index contributed by atoms with van der Waals surface area (Å²) in [5, 5.41) is 18.5. The van der Waals surface area contributed by atoms with Crippen LogP contribution in [0.25, 0.3) is 0 Å². The van der Waals surface area contributed by atoms with Gasteiger partial charge in [-0.2, -0.15) is 4.31 Å². The van der Waals surface area contributed by atoms with Crippen molar-refractivity contribution in [3.05, 3.63) is 24.3 Å². The number of nitrogens with one attached hydrogen (secondary N) is 1. The average molecular weight is 358 g/mol. The molecule has 24 heavy (non-hydrogen) atoms. The van der Waals surface area contributed by atoms with Crippen LogP contribution in [-0.4, -0.2) is 55.2 Å². The predicted molar refractivity (Wildman–Crippen MR) is 85.0 cm³/mol. The number of sulfonamides is 1. The van der Waals surface area contributed by atoms with Crippen molar-refractivity contribution in [1.29, 1.82) is 0 Å². The minimum atomic E-state index is -3.96. The summed E-state index contributed by atoms with van der Waals surface area (Å²) in [5.74, 6) is -0.900. The van der Waals surface area contributed by atoms with Gasteiger partial charge in [-0.3, -0.25) is 10.0 Å². The number of carbonyl (C=O) groups is 1. The van der Waals surface area contributed by atoms with Gasteiger partial charge in [-0.25, -0.2) is 13.9 Å². The van der Waals surface area contributed by atoms with Crippen molar-refractivity contribution in [2.45, 2.75) is 30.2 Å². The zero-order valence-corrected chi connectivity index (χ0v) is 14.2. The number of hydrogen-bond donors (Lipinski definition) is 3. The van der Waals surface area contributed by atoms with Crippen molar-refractivity contribution in [2.24, 2.45) is 5.92 Å². The minimum absolute atomic E-state index is 0.0256. The molecule has 2 unspecified atom stereocenters. The number of aliphatic hydroxyl groups excluding tert-OH is 1. The number of nitrogens with zero attached hydrogens (tertiary/aromatic N) is 1. The standard InChI is InChI=1S/C15H22N2O6S/c1-23-12-5-7-13(8-6-12)24(21,22)17-9-3-2-4-11(10-18)14(17)15(19)16-20/h5-8,11,14,18,20H,2-4,9-10H2,1H3,(H,16,19). The van der Waals surface area contributed by atoms with E-state index in [0.29, 0.717) is 25.0 Å². The van der Waals surface area contributed by atoms with Gasteiger partial charge in [0.2, 0.25) is 10.0 Å². The summed E-state index contributed by atoms with van der Waals surface area (Å²) in [5.41, 5.74) is 1.52. The predicted octanol–water partition coefficient (Wildman–Crippen LogP) is 0.352. The highest BCUT2D eigenvalue weighted by Crippen LogP contribution is 2.29. The van der Waals surface area contributed by atoms with Crippen LogP contribution in [0.2, 0.25) is 0 Å². The van der Waals surface area contributed by atoms with Crippen molar-refractivity contribution in [2.75, 3.05) is 20.3 Å². The smallest absolute Gasteiger partial charge is 0.262 e. The summed E-state index contributed by atoms with van der Waals surface area (Å²) in [6, 6.07) is 4.70. The Labute approximate surface area is 141 Å². The van der Waals surface area contributed by atoms with Gasteiger partial charge in [-0.05, 0) is 37.1 Å². The maximum Gasteiger partial charge on any atom is 0.262 e. The Morgan fingerprint density at radius 3 is 2.54 bits per heavy atom. The number of benzene rings is 1. The summed E-state index contributed by atoms with van der Waals surface area (Å²) >= 11 is 0. The first-order chi connectivity index (χ1) is 11.5. The van der Waals surface area contributed by atoms with Crippen LogP contribution in [0.5, 0.6) is 5.75 Å². The van der Waals surface area contributed by atoms with E-state index in [1.807, 2.05) is 0 Å². The Morgan fingerprint density at radius 1 is 1.33 bits per heavy atom. The van der Waals surface area contributed by atoms with Crippen molar-refractivity contribution in [3.63, 3.8) is 0 Å². The van der Waals surface area contributed by atoms with Gasteiger partial charge in [-0.1, -0.05) is 6.42 Å². The maximum absolute atomic E-state index is 13.0. The van der Waals surface area contributed by atoms with E-state index >= 15 is 0 Å². The molecule has 1 aliphatic rings. The molecule has 0 radical (unpaired) electrons. The molecular weight excluding hydrogens is 336 g/mol. The molecule has 134 valence electrons. The number of carbonyl (C=O) groups excluding carboxylic acids is 1. The van der Waals surface area contributed by atoms with Gasteiger partial charge in [0.25, 0.3) is 5.91 Å². The molecule has 0 aromatic heterocycles. The van der Waals surface area contributed by atoms with Gasteiger partial charge in [0.05, 0.1) is 12.0 Å². The van der Waals surface area contributed by atoms with Gasteiger partial charge < -0.3 is 9.84 Å². The quantitative estimate of drug-likeness (QED) is 0.517. The first-order valence-electron chi connectivity index (χ1n) is 7.66. The molecule has 1 heterocycles. The zero-order chi connectivity index (χ0) is 17.7. The highest BCUT2D eigenvalue weighted by Gasteiger charge is 2.41. The molecule has 1 aliphatic heterocycles. The third kappa shape index (κ3) is 3.69. The summed E-state index contributed by atoms with van der Waals surface area (Å²) in [4.78, 5) is 12.1. The molecule has 1 aromatic rings. The van der Waals surface area contributed by atoms with Crippen LogP contribution in [0.4, 0.5) is 0 Å². The molecule has 1 saturated heterocycles. The Balaban J connectivity index is 2.44. The molecule has 1 aromatic carbocycles. The Kier molecular flexibility index (Phi) is 6.16. The lowest BCUT2D eigenvalue weighted by Gasteiger charge is -2.31. The number of hydrogen-bond acceptors (Lipinski definition) is 6. The number of rotatable bonds is 5. The van der Waals surface area contributed by atoms with Gasteiger partial charge >= 0.3 is 0 Å². The lowest BCUT2D eigenvalue weighted by Crippen LogP contribution is -2.52. The molecule has 0 aliphatic carbocycles. The topological polar surface area (TPSA) is 116 Å². The van der Waals surface area contributed by atoms with Crippen LogP contribution in [0.1, 0.15) is 19.3 Å². The van der Waals surface area contributed by atoms with E-state index in [2.05, 4.69) is 0 Å². The summed E-state index contributed by atoms with van der Waals surface area (Å²) < 4.78 is 32.0. The first kappa shape index (κ1) is 18.7. The Morgan fingerprint density at radius 2 is 2.00 bits per heavy atom. The van der Waals surface area contributed by atoms with Crippen molar-refractivity contribution in [1.82, 2.24) is 9.79 Å². The number of ether oxygens (including phenoxy) is 1. The first-order valence-corrected chi connectivity index (χ1v) is 9.10. The van der Waals surface area contributed by atoms with Gasteiger partial charge in [0, 0.05) is 19.1 Å². The van der Waals surface area contributed by atoms with E-state index in [4.69, 9.17) is 9.94 Å². The molecule has 3 N–H and O–H groups in total. The van der Waals surface area contributed by atoms with Crippen molar-refractivity contribution in [3.8, 4) is 5.75 Å². The number of aliphatic hydroxyl groups is 1. The zero-order valence-electron chi connectivity index (χ0n) is 13.4. The molecular formula is C15H22N2O6S. The Hall–Kier alpha value is -1.68. The second-order valence-electron chi connectivity index (χ2n) is 5.65. The fourth-order valence-corrected chi connectivity index (χ4v) is 4.65. The van der Waals surface area contributed by atoms with E-state index in [1.54, 1.807) is 0 Å². The van der Waals surface area contributed by atoms with E-state index in [0.717, 1.165) is 4.31 Å². The second-order valence-corrected chi connectivity index (χ2v) is 7.54. The SMILES string of the molecule is COc1ccc(S(=O)(=O)N2CCCCC(CO)C2C(=O)NO)cc1. The van der Waals surface area contributed by atoms with E-state index in [-0.39, 0.29) is 18.0 Å². The lowest BCUT2D eigenvalue weighted by molar-refractivity contribution is -0.135. The molecule has 1 amide bonds. The van der Waals surface area contributed by atoms with Gasteiger partial charge in [0.15, 0.2) is 0 Å². The highest BCUT2D eigenvalue weighted by molar-refractivity contribution is 7.89. The maximum atomic E-state index is 13.0. The molecule has 8 nitrogen and oxygen atoms in total. The highest BCUT2D eigenvalue weighted by atomic mass is 32.2. The summed E-state index contributed by atoms with van der Waals surface area (Å²) in [6.07, 6.45) is 1.76. The molecule has 0 spiro atoms. The average Bonchev–Trinajstić information content (AvgIpc) is 2.83. The normalized spacial score (nSPS) is 22.6. The number of amides is 1. The molecule has 9 heteroatoms. The van der Waals surface area contributed by atoms with Gasteiger partial charge in [-0.15, -0.1) is 0 Å². The third-order valence-corrected chi connectivity index (χ3v) is 6.13. The fourth-order valence-electron chi connectivity index (χ4n) is 2.96. The van der Waals surface area contributed by atoms with E-state index in [9.17, 15) is 18.3 Å².